The second-order valence-corrected chi connectivity index (χ2v) is 5.89. The molecule has 1 aromatic heterocycles. The van der Waals surface area contributed by atoms with E-state index in [1.807, 2.05) is 7.05 Å². The van der Waals surface area contributed by atoms with Crippen LogP contribution in [-0.4, -0.2) is 12.0 Å². The van der Waals surface area contributed by atoms with Crippen LogP contribution in [0.25, 0.3) is 0 Å². The standard InChI is InChI=1S/C15H20N2S/c1-10-5-11(2)7-13(6-10)8-14(16-4)15-9-18-12(3)17-15/h5-7,9,14,16H,8H2,1-4H3. The average molecular weight is 260 g/mol. The van der Waals surface area contributed by atoms with Crippen LogP contribution in [0.5, 0.6) is 0 Å². The molecule has 18 heavy (non-hydrogen) atoms. The quantitative estimate of drug-likeness (QED) is 0.909. The fraction of sp³-hybridized carbons (Fsp3) is 0.400. The summed E-state index contributed by atoms with van der Waals surface area (Å²) in [7, 11) is 2.00. The topological polar surface area (TPSA) is 24.9 Å². The zero-order valence-electron chi connectivity index (χ0n) is 11.4. The molecule has 0 spiro atoms. The number of aryl methyl sites for hydroxylation is 3. The molecule has 0 amide bonds. The molecule has 3 heteroatoms. The van der Waals surface area contributed by atoms with Gasteiger partial charge < -0.3 is 5.32 Å². The molecule has 0 fully saturated rings. The summed E-state index contributed by atoms with van der Waals surface area (Å²) in [5, 5.41) is 6.65. The van der Waals surface area contributed by atoms with E-state index in [9.17, 15) is 0 Å². The van der Waals surface area contributed by atoms with Crippen LogP contribution in [0.15, 0.2) is 23.6 Å². The first kappa shape index (κ1) is 13.2. The van der Waals surface area contributed by atoms with Gasteiger partial charge in [-0.2, -0.15) is 0 Å². The van der Waals surface area contributed by atoms with Gasteiger partial charge in [0.05, 0.1) is 16.7 Å². The lowest BCUT2D eigenvalue weighted by Gasteiger charge is -2.15. The summed E-state index contributed by atoms with van der Waals surface area (Å²) in [6.07, 6.45) is 0.988. The Labute approximate surface area is 113 Å². The predicted octanol–water partition coefficient (Wildman–Crippen LogP) is 3.57. The molecule has 1 atom stereocenters. The van der Waals surface area contributed by atoms with Crippen molar-refractivity contribution in [3.8, 4) is 0 Å². The maximum absolute atomic E-state index is 4.58. The van der Waals surface area contributed by atoms with E-state index in [1.54, 1.807) is 11.3 Å². The minimum atomic E-state index is 0.302. The van der Waals surface area contributed by atoms with E-state index < -0.39 is 0 Å². The summed E-state index contributed by atoms with van der Waals surface area (Å²) >= 11 is 1.71. The average Bonchev–Trinajstić information content (AvgIpc) is 2.71. The number of nitrogens with one attached hydrogen (secondary N) is 1. The summed E-state index contributed by atoms with van der Waals surface area (Å²) in [6.45, 7) is 6.35. The third-order valence-corrected chi connectivity index (χ3v) is 3.86. The Hall–Kier alpha value is -1.19. The van der Waals surface area contributed by atoms with Crippen LogP contribution in [0, 0.1) is 20.8 Å². The van der Waals surface area contributed by atoms with Crippen LogP contribution in [0.1, 0.15) is 33.4 Å². The molecule has 2 aromatic rings. The summed E-state index contributed by atoms with van der Waals surface area (Å²) in [5.41, 5.74) is 5.18. The Balaban J connectivity index is 2.20. The summed E-state index contributed by atoms with van der Waals surface area (Å²) in [6, 6.07) is 7.04. The zero-order valence-corrected chi connectivity index (χ0v) is 12.3. The zero-order chi connectivity index (χ0) is 13.1. The van der Waals surface area contributed by atoms with E-state index in [-0.39, 0.29) is 0 Å². The molecule has 1 heterocycles. The number of benzene rings is 1. The fourth-order valence-corrected chi connectivity index (χ4v) is 2.98. The normalized spacial score (nSPS) is 12.7. The minimum absolute atomic E-state index is 0.302. The van der Waals surface area contributed by atoms with Crippen molar-refractivity contribution in [3.63, 3.8) is 0 Å². The highest BCUT2D eigenvalue weighted by Crippen LogP contribution is 2.21. The third kappa shape index (κ3) is 3.18. The minimum Gasteiger partial charge on any atom is -0.311 e. The van der Waals surface area contributed by atoms with Crippen molar-refractivity contribution in [3.05, 3.63) is 51.0 Å². The van der Waals surface area contributed by atoms with Crippen molar-refractivity contribution in [1.82, 2.24) is 10.3 Å². The Bertz CT molecular complexity index is 511. The largest absolute Gasteiger partial charge is 0.311 e. The Morgan fingerprint density at radius 1 is 1.17 bits per heavy atom. The van der Waals surface area contributed by atoms with Gasteiger partial charge in [0.25, 0.3) is 0 Å². The molecule has 1 unspecified atom stereocenters. The van der Waals surface area contributed by atoms with Gasteiger partial charge in [-0.1, -0.05) is 29.3 Å². The first-order chi connectivity index (χ1) is 8.58. The van der Waals surface area contributed by atoms with Crippen LogP contribution < -0.4 is 5.32 Å². The van der Waals surface area contributed by atoms with Crippen molar-refractivity contribution >= 4 is 11.3 Å². The number of hydrogen-bond donors (Lipinski definition) is 1. The van der Waals surface area contributed by atoms with Gasteiger partial charge in [-0.15, -0.1) is 11.3 Å². The van der Waals surface area contributed by atoms with Crippen molar-refractivity contribution in [2.45, 2.75) is 33.2 Å². The highest BCUT2D eigenvalue weighted by Gasteiger charge is 2.13. The lowest BCUT2D eigenvalue weighted by Crippen LogP contribution is -2.19. The second kappa shape index (κ2) is 5.63. The molecular formula is C15H20N2S. The summed E-state index contributed by atoms with van der Waals surface area (Å²) in [4.78, 5) is 4.58. The van der Waals surface area contributed by atoms with Gasteiger partial charge >= 0.3 is 0 Å². The molecule has 1 N–H and O–H groups in total. The first-order valence-corrected chi connectivity index (χ1v) is 7.13. The number of likely N-dealkylation sites (N-methyl/N-ethyl adjacent to an activating group) is 1. The lowest BCUT2D eigenvalue weighted by molar-refractivity contribution is 0.578. The molecule has 0 bridgehead atoms. The molecule has 0 aliphatic heterocycles. The SMILES string of the molecule is CNC(Cc1cc(C)cc(C)c1)c1csc(C)n1. The van der Waals surface area contributed by atoms with Gasteiger partial charge in [0.15, 0.2) is 0 Å². The molecular weight excluding hydrogens is 240 g/mol. The molecule has 0 aliphatic rings. The highest BCUT2D eigenvalue weighted by atomic mass is 32.1. The number of rotatable bonds is 4. The van der Waals surface area contributed by atoms with Gasteiger partial charge in [-0.05, 0) is 39.8 Å². The predicted molar refractivity (Wildman–Crippen MR) is 78.3 cm³/mol. The van der Waals surface area contributed by atoms with Gasteiger partial charge in [-0.25, -0.2) is 4.98 Å². The monoisotopic (exact) mass is 260 g/mol. The van der Waals surface area contributed by atoms with Crippen LogP contribution >= 0.6 is 11.3 Å². The van der Waals surface area contributed by atoms with Crippen LogP contribution in [0.2, 0.25) is 0 Å². The van der Waals surface area contributed by atoms with Gasteiger partial charge in [-0.3, -0.25) is 0 Å². The van der Waals surface area contributed by atoms with Crippen LogP contribution in [0.3, 0.4) is 0 Å². The smallest absolute Gasteiger partial charge is 0.0898 e. The fourth-order valence-electron chi connectivity index (χ4n) is 2.32. The molecule has 0 saturated heterocycles. The maximum atomic E-state index is 4.58. The molecule has 2 rings (SSSR count). The summed E-state index contributed by atoms with van der Waals surface area (Å²) < 4.78 is 0. The number of thiazole rings is 1. The van der Waals surface area contributed by atoms with Gasteiger partial charge in [0, 0.05) is 5.38 Å². The lowest BCUT2D eigenvalue weighted by atomic mass is 10.00. The summed E-state index contributed by atoms with van der Waals surface area (Å²) in [5.74, 6) is 0. The van der Waals surface area contributed by atoms with E-state index in [4.69, 9.17) is 0 Å². The van der Waals surface area contributed by atoms with Crippen molar-refractivity contribution in [2.75, 3.05) is 7.05 Å². The number of aromatic nitrogens is 1. The maximum Gasteiger partial charge on any atom is 0.0898 e. The molecule has 96 valence electrons. The van der Waals surface area contributed by atoms with E-state index in [1.165, 1.54) is 16.7 Å². The van der Waals surface area contributed by atoms with Crippen LogP contribution in [0.4, 0.5) is 0 Å². The van der Waals surface area contributed by atoms with Gasteiger partial charge in [0.1, 0.15) is 0 Å². The Morgan fingerprint density at radius 2 is 1.83 bits per heavy atom. The molecule has 0 aliphatic carbocycles. The highest BCUT2D eigenvalue weighted by molar-refractivity contribution is 7.09. The van der Waals surface area contributed by atoms with Crippen molar-refractivity contribution in [2.24, 2.45) is 0 Å². The molecule has 1 aromatic carbocycles. The van der Waals surface area contributed by atoms with Crippen molar-refractivity contribution < 1.29 is 0 Å². The second-order valence-electron chi connectivity index (χ2n) is 4.83. The molecule has 0 saturated carbocycles. The van der Waals surface area contributed by atoms with E-state index in [0.29, 0.717) is 6.04 Å². The van der Waals surface area contributed by atoms with E-state index in [0.717, 1.165) is 17.1 Å². The van der Waals surface area contributed by atoms with Crippen molar-refractivity contribution in [1.29, 1.82) is 0 Å². The van der Waals surface area contributed by atoms with Crippen LogP contribution in [-0.2, 0) is 6.42 Å². The third-order valence-electron chi connectivity index (χ3n) is 3.06. The number of nitrogens with zero attached hydrogens (tertiary/aromatic N) is 1. The molecule has 2 nitrogen and oxygen atoms in total. The molecule has 0 radical (unpaired) electrons. The van der Waals surface area contributed by atoms with E-state index >= 15 is 0 Å². The Kier molecular flexibility index (Phi) is 4.15. The van der Waals surface area contributed by atoms with E-state index in [2.05, 4.69) is 54.7 Å². The first-order valence-electron chi connectivity index (χ1n) is 6.25. The van der Waals surface area contributed by atoms with Gasteiger partial charge in [0.2, 0.25) is 0 Å². The Morgan fingerprint density at radius 3 is 2.33 bits per heavy atom. The number of hydrogen-bond acceptors (Lipinski definition) is 3.